The van der Waals surface area contributed by atoms with E-state index in [1.165, 1.54) is 24.3 Å². The second kappa shape index (κ2) is 6.73. The first-order chi connectivity index (χ1) is 9.95. The Morgan fingerprint density at radius 1 is 1.19 bits per heavy atom. The van der Waals surface area contributed by atoms with Crippen molar-refractivity contribution in [1.29, 1.82) is 0 Å². The third-order valence-corrected chi connectivity index (χ3v) is 3.38. The highest BCUT2D eigenvalue weighted by molar-refractivity contribution is 9.10. The van der Waals surface area contributed by atoms with Gasteiger partial charge in [-0.1, -0.05) is 15.9 Å². The summed E-state index contributed by atoms with van der Waals surface area (Å²) >= 11 is 6.39. The number of aromatic carboxylic acids is 1. The van der Waals surface area contributed by atoms with Gasteiger partial charge < -0.3 is 14.8 Å². The molecule has 0 saturated heterocycles. The Morgan fingerprint density at radius 3 is 2.57 bits per heavy atom. The molecule has 2 N–H and O–H groups in total. The van der Waals surface area contributed by atoms with Gasteiger partial charge in [0.1, 0.15) is 5.76 Å². The molecule has 0 bridgehead atoms. The number of hydrogen-bond donors (Lipinski definition) is 2. The van der Waals surface area contributed by atoms with Crippen molar-refractivity contribution in [3.05, 3.63) is 56.9 Å². The van der Waals surface area contributed by atoms with Crippen LogP contribution in [0, 0.1) is 0 Å². The van der Waals surface area contributed by atoms with Gasteiger partial charge in [-0.3, -0.25) is 4.79 Å². The zero-order valence-electron chi connectivity index (χ0n) is 10.5. The molecule has 0 fully saturated rings. The minimum absolute atomic E-state index is 0.0145. The number of carboxylic acids is 1. The number of rotatable bonds is 4. The highest BCUT2D eigenvalue weighted by atomic mass is 79.9. The number of carbonyl (C=O) groups is 2. The summed E-state index contributed by atoms with van der Waals surface area (Å²) in [6.07, 6.45) is 2.75. The first-order valence-electron chi connectivity index (χ1n) is 5.73. The fraction of sp³-hybridized carbons (Fsp3) is 0. The molecule has 2 rings (SSSR count). The topological polar surface area (TPSA) is 79.5 Å². The largest absolute Gasteiger partial charge is 0.478 e. The van der Waals surface area contributed by atoms with Gasteiger partial charge >= 0.3 is 5.97 Å². The van der Waals surface area contributed by atoms with Gasteiger partial charge in [0.15, 0.2) is 4.67 Å². The lowest BCUT2D eigenvalue weighted by Crippen LogP contribution is -2.12. The highest BCUT2D eigenvalue weighted by Gasteiger charge is 2.11. The molecule has 7 heteroatoms. The van der Waals surface area contributed by atoms with E-state index in [0.29, 0.717) is 14.9 Å². The smallest absolute Gasteiger partial charge is 0.337 e. The predicted octanol–water partition coefficient (Wildman–Crippen LogP) is 4.15. The minimum atomic E-state index is -1.11. The number of hydrogen-bond acceptors (Lipinski definition) is 3. The Kier molecular flexibility index (Phi) is 4.98. The number of benzene rings is 1. The van der Waals surface area contributed by atoms with Crippen LogP contribution in [-0.4, -0.2) is 17.0 Å². The van der Waals surface area contributed by atoms with Crippen LogP contribution < -0.4 is 5.32 Å². The summed E-state index contributed by atoms with van der Waals surface area (Å²) in [5.74, 6) is -1.07. The van der Waals surface area contributed by atoms with E-state index in [9.17, 15) is 9.59 Å². The van der Waals surface area contributed by atoms with Crippen LogP contribution in [0.4, 0.5) is 5.69 Å². The molecule has 1 amide bonds. The zero-order chi connectivity index (χ0) is 15.4. The summed E-state index contributed by atoms with van der Waals surface area (Å²) in [5, 5.41) is 11.6. The van der Waals surface area contributed by atoms with Gasteiger partial charge in [0.25, 0.3) is 0 Å². The minimum Gasteiger partial charge on any atom is -0.478 e. The molecule has 108 valence electrons. The van der Waals surface area contributed by atoms with Gasteiger partial charge in [-0.05, 0) is 52.3 Å². The maximum absolute atomic E-state index is 11.8. The Morgan fingerprint density at radius 2 is 1.95 bits per heavy atom. The van der Waals surface area contributed by atoms with Crippen molar-refractivity contribution in [2.75, 3.05) is 5.32 Å². The molecular weight excluding hydrogens is 406 g/mol. The van der Waals surface area contributed by atoms with E-state index in [1.807, 2.05) is 0 Å². The van der Waals surface area contributed by atoms with Crippen molar-refractivity contribution < 1.29 is 19.1 Å². The first-order valence-corrected chi connectivity index (χ1v) is 7.31. The first kappa shape index (κ1) is 15.5. The molecule has 0 atom stereocenters. The number of anilines is 1. The van der Waals surface area contributed by atoms with E-state index >= 15 is 0 Å². The lowest BCUT2D eigenvalue weighted by atomic mass is 10.2. The fourth-order valence-electron chi connectivity index (χ4n) is 1.56. The lowest BCUT2D eigenvalue weighted by Gasteiger charge is -2.07. The summed E-state index contributed by atoms with van der Waals surface area (Å²) in [6.45, 7) is 0. The number of carbonyl (C=O) groups excluding carboxylic acids is 1. The Bertz CT molecular complexity index is 722. The molecule has 0 spiro atoms. The standard InChI is InChI=1S/C14H9Br2NO4/c15-8-1-4-10(14(19)20)11(7-8)17-13(18)6-3-9-2-5-12(16)21-9/h1-7H,(H,17,18)(H,19,20). The number of halogens is 2. The van der Waals surface area contributed by atoms with Crippen LogP contribution in [0.1, 0.15) is 16.1 Å². The second-order valence-electron chi connectivity index (χ2n) is 3.96. The van der Waals surface area contributed by atoms with Gasteiger partial charge in [-0.2, -0.15) is 0 Å². The fourth-order valence-corrected chi connectivity index (χ4v) is 2.24. The van der Waals surface area contributed by atoms with Crippen LogP contribution in [-0.2, 0) is 4.79 Å². The third-order valence-electron chi connectivity index (χ3n) is 2.46. The summed E-state index contributed by atoms with van der Waals surface area (Å²) in [7, 11) is 0. The van der Waals surface area contributed by atoms with E-state index in [0.717, 1.165) is 0 Å². The van der Waals surface area contributed by atoms with Crippen LogP contribution in [0.15, 0.2) is 50.0 Å². The van der Waals surface area contributed by atoms with Gasteiger partial charge in [-0.25, -0.2) is 4.79 Å². The summed E-state index contributed by atoms with van der Waals surface area (Å²) in [5.41, 5.74) is 0.229. The number of nitrogens with one attached hydrogen (secondary N) is 1. The van der Waals surface area contributed by atoms with Crippen molar-refractivity contribution in [2.45, 2.75) is 0 Å². The maximum atomic E-state index is 11.8. The van der Waals surface area contributed by atoms with Crippen LogP contribution in [0.5, 0.6) is 0 Å². The molecule has 1 heterocycles. The van der Waals surface area contributed by atoms with E-state index in [4.69, 9.17) is 9.52 Å². The zero-order valence-corrected chi connectivity index (χ0v) is 13.6. The maximum Gasteiger partial charge on any atom is 0.337 e. The molecular formula is C14H9Br2NO4. The van der Waals surface area contributed by atoms with Crippen molar-refractivity contribution in [2.24, 2.45) is 0 Å². The van der Waals surface area contributed by atoms with Crippen LogP contribution in [0.3, 0.4) is 0 Å². The van der Waals surface area contributed by atoms with E-state index in [2.05, 4.69) is 37.2 Å². The molecule has 0 aliphatic heterocycles. The monoisotopic (exact) mass is 413 g/mol. The molecule has 21 heavy (non-hydrogen) atoms. The number of furan rings is 1. The Balaban J connectivity index is 2.14. The predicted molar refractivity (Wildman–Crippen MR) is 85.2 cm³/mol. The van der Waals surface area contributed by atoms with Crippen molar-refractivity contribution in [3.8, 4) is 0 Å². The van der Waals surface area contributed by atoms with Crippen molar-refractivity contribution in [1.82, 2.24) is 0 Å². The summed E-state index contributed by atoms with van der Waals surface area (Å²) < 4.78 is 6.44. The number of carboxylic acid groups (broad SMARTS) is 1. The second-order valence-corrected chi connectivity index (χ2v) is 5.66. The van der Waals surface area contributed by atoms with Gasteiger partial charge in [0.2, 0.25) is 5.91 Å². The highest BCUT2D eigenvalue weighted by Crippen LogP contribution is 2.22. The average Bonchev–Trinajstić information content (AvgIpc) is 2.82. The molecule has 2 aromatic rings. The van der Waals surface area contributed by atoms with E-state index in [-0.39, 0.29) is 11.3 Å². The molecule has 0 unspecified atom stereocenters. The molecule has 5 nitrogen and oxygen atoms in total. The lowest BCUT2D eigenvalue weighted by molar-refractivity contribution is -0.111. The van der Waals surface area contributed by atoms with Crippen molar-refractivity contribution in [3.63, 3.8) is 0 Å². The summed E-state index contributed by atoms with van der Waals surface area (Å²) in [4.78, 5) is 22.9. The summed E-state index contributed by atoms with van der Waals surface area (Å²) in [6, 6.07) is 7.92. The average molecular weight is 415 g/mol. The van der Waals surface area contributed by atoms with Gasteiger partial charge in [0.05, 0.1) is 11.3 Å². The molecule has 0 aliphatic rings. The van der Waals surface area contributed by atoms with Gasteiger partial charge in [-0.15, -0.1) is 0 Å². The quantitative estimate of drug-likeness (QED) is 0.736. The molecule has 0 radical (unpaired) electrons. The van der Waals surface area contributed by atoms with Crippen LogP contribution in [0.25, 0.3) is 6.08 Å². The van der Waals surface area contributed by atoms with Gasteiger partial charge in [0, 0.05) is 10.5 Å². The van der Waals surface area contributed by atoms with E-state index < -0.39 is 11.9 Å². The van der Waals surface area contributed by atoms with Crippen molar-refractivity contribution >= 4 is 55.5 Å². The molecule has 0 saturated carbocycles. The molecule has 1 aromatic heterocycles. The number of amides is 1. The SMILES string of the molecule is O=C(C=Cc1ccc(Br)o1)Nc1cc(Br)ccc1C(=O)O. The van der Waals surface area contributed by atoms with Crippen LogP contribution >= 0.6 is 31.9 Å². The van der Waals surface area contributed by atoms with E-state index in [1.54, 1.807) is 18.2 Å². The Labute approximate surface area is 136 Å². The Hall–Kier alpha value is -1.86. The molecule has 1 aromatic carbocycles. The normalized spacial score (nSPS) is 10.8. The van der Waals surface area contributed by atoms with Crippen LogP contribution in [0.2, 0.25) is 0 Å². The molecule has 0 aliphatic carbocycles. The third kappa shape index (κ3) is 4.30.